The number of nitrogens with zero attached hydrogens (tertiary/aromatic N) is 2. The molecule has 0 spiro atoms. The number of rotatable bonds is 31. The van der Waals surface area contributed by atoms with Crippen molar-refractivity contribution in [2.24, 2.45) is 17.2 Å². The molecule has 0 aromatic heterocycles. The largest absolute Gasteiger partial charge is 0.508 e. The molecule has 0 bridgehead atoms. The van der Waals surface area contributed by atoms with Gasteiger partial charge in [0, 0.05) is 79.5 Å². The van der Waals surface area contributed by atoms with Crippen molar-refractivity contribution in [2.75, 3.05) is 43.4 Å². The van der Waals surface area contributed by atoms with E-state index in [-0.39, 0.29) is 71.7 Å². The molecule has 6 aromatic rings. The highest BCUT2D eigenvalue weighted by Gasteiger charge is 2.23. The Morgan fingerprint density at radius 1 is 0.570 bits per heavy atom. The molecule has 6 rings (SSSR count). The lowest BCUT2D eigenvalue weighted by Crippen LogP contribution is -2.39. The molecule has 0 heterocycles. The molecule has 0 atom stereocenters. The van der Waals surface area contributed by atoms with Crippen LogP contribution >= 0.6 is 11.6 Å². The van der Waals surface area contributed by atoms with Crippen LogP contribution in [0.25, 0.3) is 0 Å². The van der Waals surface area contributed by atoms with Crippen LogP contribution in [0.4, 0.5) is 21.9 Å². The standard InChI is InChI=1S/C28H38N2O5.C14H21NO.C9H9NO2.C8H7NO4.C7H5ClO.C6H16N2/c1-28(2,3)35-27(34)30(21-19-26(33)29-23-15-17-24(31)18-16-23)20-11-6-4-5-10-14-25(32)22-12-8-7-9-13-22;15-12-8-3-1-2-7-11-14(16)13-9-5-4-6-10-13;1-2-9(12)10-7-3-5-8(11)6-4-7;1-6(10)13-8-4-2-7(3-5-8)9(11)12;8-7(9)6-4-2-1-3-5-6;7-5-3-1-2-4-6-8/h7-9,12-13,15-18,31H,4-6,10-11,14,19-21H2,1-3H3,(H,29,33);4-6,9-10H,1-3,7-8,11-12,15H2;2-6,11H,1H2,(H,10,12);2-5H,1H3;1-5H;1-8H2/i7D,8D,9D,12D,13D;4D,5D,6D,9D,10D;;;1D,2D,3D,4D,5D;. The number of nitrogens with one attached hydrogen (secondary N) is 2. The predicted octanol–water partition coefficient (Wildman–Crippen LogP) is 14.9. The zero-order valence-electron chi connectivity index (χ0n) is 68.2. The highest BCUT2D eigenvalue weighted by atomic mass is 35.5. The van der Waals surface area contributed by atoms with Crippen molar-refractivity contribution in [2.45, 2.75) is 142 Å². The van der Waals surface area contributed by atoms with Crippen LogP contribution in [0.3, 0.4) is 0 Å². The number of carbonyl (C=O) groups excluding carboxylic acids is 7. The van der Waals surface area contributed by atoms with Crippen LogP contribution in [0.1, 0.15) is 188 Å². The third kappa shape index (κ3) is 43.3. The molecule has 0 radical (unpaired) electrons. The minimum Gasteiger partial charge on any atom is -0.508 e. The van der Waals surface area contributed by atoms with Gasteiger partial charge in [-0.05, 0) is 157 Å². The van der Waals surface area contributed by atoms with Gasteiger partial charge in [0.15, 0.2) is 11.6 Å². The number of non-ortho nitro benzene ring substituents is 1. The fraction of sp³-hybridized carbons (Fsp3) is 0.375. The molecule has 0 fully saturated rings. The Labute approximate surface area is 574 Å². The molecule has 3 amide bonds. The molecule has 6 aromatic carbocycles. The maximum absolute atomic E-state index is 12.7. The smallest absolute Gasteiger partial charge is 0.410 e. The van der Waals surface area contributed by atoms with Crippen LogP contribution in [0.2, 0.25) is 0 Å². The summed E-state index contributed by atoms with van der Waals surface area (Å²) in [4.78, 5) is 93.0. The molecular weight excluding hydrogens is 1210 g/mol. The summed E-state index contributed by atoms with van der Waals surface area (Å²) in [7, 11) is 0. The van der Waals surface area contributed by atoms with E-state index in [0.29, 0.717) is 55.9 Å². The molecule has 21 heteroatoms. The fourth-order valence-corrected chi connectivity index (χ4v) is 7.36. The van der Waals surface area contributed by atoms with Gasteiger partial charge in [-0.1, -0.05) is 149 Å². The number of nitro groups is 1. The van der Waals surface area contributed by atoms with Crippen molar-refractivity contribution >= 4 is 69.3 Å². The zero-order chi connectivity index (χ0) is 82.1. The Balaban J connectivity index is 0.000000716. The van der Waals surface area contributed by atoms with Crippen LogP contribution in [0.5, 0.6) is 17.2 Å². The number of ether oxygens (including phenoxy) is 2. The Hall–Kier alpha value is -9.08. The van der Waals surface area contributed by atoms with E-state index in [0.717, 1.165) is 64.5 Å². The van der Waals surface area contributed by atoms with Crippen molar-refractivity contribution in [3.05, 3.63) is 203 Å². The number of nitrogens with two attached hydrogens (primary N) is 3. The second-order valence-corrected chi connectivity index (χ2v) is 21.2. The summed E-state index contributed by atoms with van der Waals surface area (Å²) in [5, 5.41) is 32.7. The summed E-state index contributed by atoms with van der Waals surface area (Å²) in [5.41, 5.74) is 15.5. The Morgan fingerprint density at radius 2 is 0.957 bits per heavy atom. The average Bonchev–Trinajstić information content (AvgIpc) is 0.802. The van der Waals surface area contributed by atoms with Gasteiger partial charge in [-0.2, -0.15) is 0 Å². The number of benzene rings is 6. The lowest BCUT2D eigenvalue weighted by molar-refractivity contribution is -0.384. The first-order valence-corrected chi connectivity index (χ1v) is 30.4. The summed E-state index contributed by atoms with van der Waals surface area (Å²) in [6.45, 7) is 12.8. The highest BCUT2D eigenvalue weighted by Crippen LogP contribution is 2.19. The second kappa shape index (κ2) is 50.6. The van der Waals surface area contributed by atoms with Crippen molar-refractivity contribution < 1.29 is 78.7 Å². The van der Waals surface area contributed by atoms with E-state index in [1.54, 1.807) is 45.0 Å². The number of unbranched alkanes of at least 4 members (excludes halogenated alkanes) is 11. The number of ketones is 2. The lowest BCUT2D eigenvalue weighted by atomic mass is 10.0. The van der Waals surface area contributed by atoms with Gasteiger partial charge in [0.2, 0.25) is 11.8 Å². The number of aromatic hydroxyl groups is 2. The summed E-state index contributed by atoms with van der Waals surface area (Å²) in [5.74, 6) is -1.28. The predicted molar refractivity (Wildman–Crippen MR) is 370 cm³/mol. The second-order valence-electron chi connectivity index (χ2n) is 20.8. The topological polar surface area (TPSA) is 327 Å². The average molecular weight is 1320 g/mol. The number of carbonyl (C=O) groups is 7. The minimum atomic E-state index is -1.05. The van der Waals surface area contributed by atoms with E-state index in [9.17, 15) is 48.8 Å². The van der Waals surface area contributed by atoms with Crippen LogP contribution in [0, 0.1) is 10.1 Å². The van der Waals surface area contributed by atoms with E-state index < -0.39 is 130 Å². The molecule has 0 saturated heterocycles. The van der Waals surface area contributed by atoms with Crippen LogP contribution in [0.15, 0.2) is 176 Å². The van der Waals surface area contributed by atoms with Crippen molar-refractivity contribution in [3.8, 4) is 17.2 Å². The quantitative estimate of drug-likeness (QED) is 0.00245. The number of halogens is 1. The molecule has 0 unspecified atom stereocenters. The van der Waals surface area contributed by atoms with E-state index in [1.165, 1.54) is 79.3 Å². The first-order valence-electron chi connectivity index (χ1n) is 37.5. The van der Waals surface area contributed by atoms with Crippen LogP contribution in [-0.2, 0) is 19.1 Å². The summed E-state index contributed by atoms with van der Waals surface area (Å²) < 4.78 is 123. The molecule has 504 valence electrons. The third-order valence-electron chi connectivity index (χ3n) is 11.9. The summed E-state index contributed by atoms with van der Waals surface area (Å²) in [6.07, 6.45) is 13.8. The monoisotopic (exact) mass is 1320 g/mol. The van der Waals surface area contributed by atoms with Gasteiger partial charge in [0.25, 0.3) is 10.9 Å². The lowest BCUT2D eigenvalue weighted by Gasteiger charge is -2.27. The molecule has 20 nitrogen and oxygen atoms in total. The Kier molecular flexibility index (Phi) is 32.1. The number of amides is 3. The van der Waals surface area contributed by atoms with Gasteiger partial charge >= 0.3 is 12.1 Å². The number of hydrogen-bond acceptors (Lipinski definition) is 16. The summed E-state index contributed by atoms with van der Waals surface area (Å²) in [6, 6.07) is 10.1. The van der Waals surface area contributed by atoms with Gasteiger partial charge in [-0.15, -0.1) is 0 Å². The van der Waals surface area contributed by atoms with Gasteiger partial charge in [-0.25, -0.2) is 4.79 Å². The SMILES string of the molecule is C=CC(=O)Nc1ccc(O)cc1.CC(=O)Oc1ccc([N+](=O)[O-])cc1.NCCCCCCN.[2H]c1c([2H])c([2H])c(C(=O)CCCCCCCN(CCC(=O)Nc2ccc(O)cc2)C(=O)OC(C)(C)C)c([2H])c1[2H].[2H]c1c([2H])c([2H])c(C(=O)CCCCCCCN)c([2H])c1[2H].[2H]c1c([2H])c([2H])c(C(=O)Cl)c([2H])c1[2H]. The van der Waals surface area contributed by atoms with Gasteiger partial charge in [0.1, 0.15) is 22.8 Å². The fourth-order valence-electron chi connectivity index (χ4n) is 7.26. The van der Waals surface area contributed by atoms with Crippen LogP contribution < -0.4 is 32.6 Å². The maximum atomic E-state index is 12.7. The van der Waals surface area contributed by atoms with E-state index in [1.807, 2.05) is 0 Å². The molecule has 93 heavy (non-hydrogen) atoms. The number of Topliss-reactive ketones (excluding diaryl/α,β-unsaturated/α-hetero) is 2. The molecule has 0 saturated carbocycles. The van der Waals surface area contributed by atoms with Crippen molar-refractivity contribution in [1.29, 1.82) is 0 Å². The Bertz CT molecular complexity index is 3880. The molecule has 0 aliphatic heterocycles. The van der Waals surface area contributed by atoms with Crippen LogP contribution in [-0.4, -0.2) is 99.0 Å². The van der Waals surface area contributed by atoms with Crippen molar-refractivity contribution in [1.82, 2.24) is 4.90 Å². The number of nitro benzene ring substituents is 1. The maximum Gasteiger partial charge on any atom is 0.410 e. The van der Waals surface area contributed by atoms with E-state index in [2.05, 4.69) is 21.9 Å². The van der Waals surface area contributed by atoms with E-state index in [4.69, 9.17) is 59.2 Å². The minimum absolute atomic E-state index is 0.0316. The normalized spacial score (nSPS) is 12.4. The number of esters is 1. The van der Waals surface area contributed by atoms with Gasteiger partial charge in [0.05, 0.1) is 25.5 Å². The van der Waals surface area contributed by atoms with Crippen molar-refractivity contribution in [3.63, 3.8) is 0 Å². The van der Waals surface area contributed by atoms with Gasteiger partial charge in [-0.3, -0.25) is 38.9 Å². The first-order chi connectivity index (χ1) is 50.7. The molecule has 0 aliphatic carbocycles. The van der Waals surface area contributed by atoms with E-state index >= 15 is 0 Å². The first kappa shape index (κ1) is 59.0. The number of phenolic OH excluding ortho intramolecular Hbond substituents is 2. The summed E-state index contributed by atoms with van der Waals surface area (Å²) >= 11 is 5.10. The number of phenols is 2. The number of anilines is 2. The Morgan fingerprint density at radius 3 is 1.33 bits per heavy atom. The molecular formula is C72H96ClN7O13. The zero-order valence-corrected chi connectivity index (χ0v) is 53.9. The third-order valence-corrected chi connectivity index (χ3v) is 12.1. The molecule has 10 N–H and O–H groups in total. The van der Waals surface area contributed by atoms with Gasteiger partial charge < -0.3 is 52.4 Å². The number of hydrogen-bond donors (Lipinski definition) is 7. The molecule has 0 aliphatic rings. The highest BCUT2D eigenvalue weighted by molar-refractivity contribution is 6.67.